The predicted molar refractivity (Wildman–Crippen MR) is 115 cm³/mol. The van der Waals surface area contributed by atoms with Crippen molar-refractivity contribution in [2.75, 3.05) is 18.1 Å². The number of anilines is 1. The van der Waals surface area contributed by atoms with Crippen molar-refractivity contribution in [1.82, 2.24) is 19.9 Å². The molecule has 2 aromatic heterocycles. The lowest BCUT2D eigenvalue weighted by molar-refractivity contribution is 0.181. The molecule has 0 aliphatic carbocycles. The molecular formula is C23H21N5O3. The topological polar surface area (TPSA) is 86.3 Å². The van der Waals surface area contributed by atoms with Crippen molar-refractivity contribution < 1.29 is 14.1 Å². The number of rotatable bonds is 5. The molecule has 4 aromatic rings. The van der Waals surface area contributed by atoms with E-state index in [0.29, 0.717) is 37.1 Å². The predicted octanol–water partition coefficient (Wildman–Crippen LogP) is 4.22. The molecule has 0 bridgehead atoms. The number of nitrogens with zero attached hydrogens (tertiary/aromatic N) is 5. The summed E-state index contributed by atoms with van der Waals surface area (Å²) in [7, 11) is 0. The SMILES string of the molecule is Cc1ccc(Cn2nc(-c3nc(-c4ccc(N5CCOC5=O)cc4)no3)cc2C)cc1. The number of benzene rings is 2. The Balaban J connectivity index is 1.34. The first-order chi connectivity index (χ1) is 15.1. The van der Waals surface area contributed by atoms with E-state index in [-0.39, 0.29) is 6.09 Å². The highest BCUT2D eigenvalue weighted by Gasteiger charge is 2.23. The van der Waals surface area contributed by atoms with Gasteiger partial charge >= 0.3 is 6.09 Å². The van der Waals surface area contributed by atoms with Gasteiger partial charge in [0.1, 0.15) is 6.61 Å². The van der Waals surface area contributed by atoms with Gasteiger partial charge in [-0.3, -0.25) is 9.58 Å². The molecule has 8 heteroatoms. The van der Waals surface area contributed by atoms with Gasteiger partial charge in [-0.05, 0) is 49.7 Å². The third kappa shape index (κ3) is 3.79. The summed E-state index contributed by atoms with van der Waals surface area (Å²) < 4.78 is 12.4. The lowest BCUT2D eigenvalue weighted by Gasteiger charge is -2.12. The minimum Gasteiger partial charge on any atom is -0.447 e. The maximum atomic E-state index is 11.7. The number of ether oxygens (including phenoxy) is 1. The molecule has 1 amide bonds. The van der Waals surface area contributed by atoms with Gasteiger partial charge in [-0.2, -0.15) is 10.1 Å². The van der Waals surface area contributed by atoms with Crippen LogP contribution in [0.3, 0.4) is 0 Å². The molecule has 5 rings (SSSR count). The van der Waals surface area contributed by atoms with Gasteiger partial charge in [0.15, 0.2) is 5.69 Å². The average molecular weight is 415 g/mol. The zero-order valence-corrected chi connectivity index (χ0v) is 17.3. The highest BCUT2D eigenvalue weighted by molar-refractivity contribution is 5.89. The Morgan fingerprint density at radius 3 is 2.52 bits per heavy atom. The summed E-state index contributed by atoms with van der Waals surface area (Å²) in [6.07, 6.45) is -0.328. The highest BCUT2D eigenvalue weighted by Crippen LogP contribution is 2.25. The first kappa shape index (κ1) is 19.0. The first-order valence-corrected chi connectivity index (χ1v) is 10.1. The molecule has 31 heavy (non-hydrogen) atoms. The van der Waals surface area contributed by atoms with Gasteiger partial charge in [-0.1, -0.05) is 35.0 Å². The fourth-order valence-corrected chi connectivity index (χ4v) is 3.50. The largest absolute Gasteiger partial charge is 0.447 e. The number of carbonyl (C=O) groups is 1. The van der Waals surface area contributed by atoms with Crippen molar-refractivity contribution in [1.29, 1.82) is 0 Å². The summed E-state index contributed by atoms with van der Waals surface area (Å²) >= 11 is 0. The van der Waals surface area contributed by atoms with Crippen LogP contribution in [-0.4, -0.2) is 39.2 Å². The molecule has 1 aliphatic rings. The van der Waals surface area contributed by atoms with Gasteiger partial charge < -0.3 is 9.26 Å². The number of aromatic nitrogens is 4. The van der Waals surface area contributed by atoms with Crippen LogP contribution in [-0.2, 0) is 11.3 Å². The molecule has 0 spiro atoms. The van der Waals surface area contributed by atoms with E-state index in [2.05, 4.69) is 46.4 Å². The maximum Gasteiger partial charge on any atom is 0.414 e. The van der Waals surface area contributed by atoms with Gasteiger partial charge in [0.2, 0.25) is 5.82 Å². The lowest BCUT2D eigenvalue weighted by atomic mass is 10.1. The number of hydrogen-bond donors (Lipinski definition) is 0. The molecule has 1 fully saturated rings. The molecule has 0 saturated carbocycles. The van der Waals surface area contributed by atoms with Crippen molar-refractivity contribution in [2.24, 2.45) is 0 Å². The van der Waals surface area contributed by atoms with E-state index in [4.69, 9.17) is 9.26 Å². The molecule has 2 aromatic carbocycles. The Bertz CT molecular complexity index is 1230. The summed E-state index contributed by atoms with van der Waals surface area (Å²) in [5.74, 6) is 0.837. The van der Waals surface area contributed by atoms with Gasteiger partial charge in [0, 0.05) is 16.9 Å². The molecule has 0 atom stereocenters. The van der Waals surface area contributed by atoms with Crippen molar-refractivity contribution >= 4 is 11.8 Å². The minimum atomic E-state index is -0.328. The van der Waals surface area contributed by atoms with E-state index in [1.807, 2.05) is 41.9 Å². The Morgan fingerprint density at radius 1 is 1.03 bits per heavy atom. The second kappa shape index (κ2) is 7.71. The van der Waals surface area contributed by atoms with Gasteiger partial charge in [0.25, 0.3) is 5.89 Å². The number of amides is 1. The Labute approximate surface area is 179 Å². The molecule has 0 radical (unpaired) electrons. The van der Waals surface area contributed by atoms with E-state index in [1.165, 1.54) is 11.1 Å². The summed E-state index contributed by atoms with van der Waals surface area (Å²) in [6.45, 7) is 5.71. The monoisotopic (exact) mass is 415 g/mol. The van der Waals surface area contributed by atoms with Crippen LogP contribution in [0.15, 0.2) is 59.1 Å². The van der Waals surface area contributed by atoms with Crippen molar-refractivity contribution in [3.63, 3.8) is 0 Å². The number of hydrogen-bond acceptors (Lipinski definition) is 6. The second-order valence-electron chi connectivity index (χ2n) is 7.55. The number of cyclic esters (lactones) is 1. The molecule has 8 nitrogen and oxygen atoms in total. The van der Waals surface area contributed by atoms with Gasteiger partial charge in [-0.25, -0.2) is 4.79 Å². The van der Waals surface area contributed by atoms with E-state index >= 15 is 0 Å². The number of carbonyl (C=O) groups excluding carboxylic acids is 1. The van der Waals surface area contributed by atoms with Crippen LogP contribution in [0.2, 0.25) is 0 Å². The molecular weight excluding hydrogens is 394 g/mol. The summed E-state index contributed by atoms with van der Waals surface area (Å²) in [5, 5.41) is 8.74. The lowest BCUT2D eigenvalue weighted by Crippen LogP contribution is -2.23. The minimum absolute atomic E-state index is 0.328. The third-order valence-electron chi connectivity index (χ3n) is 5.28. The molecule has 0 N–H and O–H groups in total. The van der Waals surface area contributed by atoms with E-state index in [0.717, 1.165) is 16.9 Å². The maximum absolute atomic E-state index is 11.7. The Kier molecular flexibility index (Phi) is 4.74. The molecule has 156 valence electrons. The van der Waals surface area contributed by atoms with E-state index < -0.39 is 0 Å². The first-order valence-electron chi connectivity index (χ1n) is 10.1. The fraction of sp³-hybridized carbons (Fsp3) is 0.217. The van der Waals surface area contributed by atoms with Crippen LogP contribution in [0.5, 0.6) is 0 Å². The normalized spacial score (nSPS) is 13.6. The van der Waals surface area contributed by atoms with Crippen LogP contribution < -0.4 is 4.90 Å². The zero-order chi connectivity index (χ0) is 21.4. The highest BCUT2D eigenvalue weighted by atomic mass is 16.6. The summed E-state index contributed by atoms with van der Waals surface area (Å²) in [6, 6.07) is 17.7. The van der Waals surface area contributed by atoms with E-state index in [9.17, 15) is 4.79 Å². The smallest absolute Gasteiger partial charge is 0.414 e. The van der Waals surface area contributed by atoms with Crippen molar-refractivity contribution in [3.8, 4) is 23.0 Å². The standard InChI is InChI=1S/C23H21N5O3/c1-15-3-5-17(6-4-15)14-28-16(2)13-20(25-28)22-24-21(26-31-22)18-7-9-19(10-8-18)27-11-12-30-23(27)29/h3-10,13H,11-12,14H2,1-2H3. The Hall–Kier alpha value is -3.94. The third-order valence-corrected chi connectivity index (χ3v) is 5.28. The fourth-order valence-electron chi connectivity index (χ4n) is 3.50. The molecule has 0 unspecified atom stereocenters. The van der Waals surface area contributed by atoms with Crippen LogP contribution in [0.4, 0.5) is 10.5 Å². The zero-order valence-electron chi connectivity index (χ0n) is 17.3. The molecule has 1 aliphatic heterocycles. The summed E-state index contributed by atoms with van der Waals surface area (Å²) in [4.78, 5) is 17.8. The second-order valence-corrected chi connectivity index (χ2v) is 7.55. The van der Waals surface area contributed by atoms with Crippen molar-refractivity contribution in [2.45, 2.75) is 20.4 Å². The molecule has 1 saturated heterocycles. The Morgan fingerprint density at radius 2 is 1.81 bits per heavy atom. The van der Waals surface area contributed by atoms with Gasteiger partial charge in [-0.15, -0.1) is 0 Å². The van der Waals surface area contributed by atoms with Crippen LogP contribution >= 0.6 is 0 Å². The number of aryl methyl sites for hydroxylation is 2. The van der Waals surface area contributed by atoms with Crippen LogP contribution in [0.1, 0.15) is 16.8 Å². The quantitative estimate of drug-likeness (QED) is 0.485. The van der Waals surface area contributed by atoms with Crippen LogP contribution in [0, 0.1) is 13.8 Å². The van der Waals surface area contributed by atoms with E-state index in [1.54, 1.807) is 4.90 Å². The molecule has 3 heterocycles. The average Bonchev–Trinajstić information content (AvgIpc) is 3.51. The van der Waals surface area contributed by atoms with Crippen molar-refractivity contribution in [3.05, 3.63) is 71.4 Å². The van der Waals surface area contributed by atoms with Crippen LogP contribution in [0.25, 0.3) is 23.0 Å². The van der Waals surface area contributed by atoms with Gasteiger partial charge in [0.05, 0.1) is 13.1 Å². The summed E-state index contributed by atoms with van der Waals surface area (Å²) in [5.41, 5.74) is 5.63.